The monoisotopic (exact) mass is 327 g/mol. The molecule has 1 heterocycles. The average molecular weight is 327 g/mol. The number of pyridine rings is 1. The van der Waals surface area contributed by atoms with E-state index in [0.717, 1.165) is 11.3 Å². The van der Waals surface area contributed by atoms with E-state index < -0.39 is 5.60 Å². The Kier molecular flexibility index (Phi) is 3.61. The lowest BCUT2D eigenvalue weighted by Gasteiger charge is -2.19. The molecule has 1 unspecified atom stereocenters. The summed E-state index contributed by atoms with van der Waals surface area (Å²) in [6.07, 6.45) is 4.12. The van der Waals surface area contributed by atoms with Crippen molar-refractivity contribution >= 4 is 0 Å². The summed E-state index contributed by atoms with van der Waals surface area (Å²) in [5.74, 6) is 1.84. The van der Waals surface area contributed by atoms with Crippen molar-refractivity contribution in [3.05, 3.63) is 47.9 Å². The van der Waals surface area contributed by atoms with Crippen LogP contribution in [0.15, 0.2) is 36.4 Å². The first-order valence-corrected chi connectivity index (χ1v) is 8.59. The van der Waals surface area contributed by atoms with E-state index >= 15 is 0 Å². The number of aromatic nitrogens is 1. The number of aliphatic hydroxyl groups is 1. The van der Waals surface area contributed by atoms with Crippen LogP contribution >= 0.6 is 0 Å². The standard InChI is InChI=1S/C20H22FNO2/c1-20(2,23)18-11-14(24-19-15-4-3-5-16(15)19)10-17(22-18)12-6-8-13(21)9-7-12/h6-11,15-16,19,23H,3-5H2,1-2H3/t15-,16+,19?. The SMILES string of the molecule is CC(C)(O)c1cc(OC2[C@H]3CCC[C@@H]23)cc(-c2ccc(F)cc2)n1. The summed E-state index contributed by atoms with van der Waals surface area (Å²) in [5.41, 5.74) is 0.997. The Bertz CT molecular complexity index is 741. The van der Waals surface area contributed by atoms with Gasteiger partial charge in [0.25, 0.3) is 0 Å². The number of benzene rings is 1. The second kappa shape index (κ2) is 5.55. The van der Waals surface area contributed by atoms with Crippen LogP contribution in [0.3, 0.4) is 0 Å². The average Bonchev–Trinajstić information content (AvgIpc) is 2.95. The van der Waals surface area contributed by atoms with Crippen LogP contribution in [0.5, 0.6) is 5.75 Å². The first-order chi connectivity index (χ1) is 11.4. The minimum atomic E-state index is -1.06. The molecule has 3 nitrogen and oxygen atoms in total. The van der Waals surface area contributed by atoms with Crippen LogP contribution in [0.2, 0.25) is 0 Å². The van der Waals surface area contributed by atoms with Crippen molar-refractivity contribution in [2.45, 2.75) is 44.8 Å². The van der Waals surface area contributed by atoms with Crippen molar-refractivity contribution < 1.29 is 14.2 Å². The molecule has 1 N–H and O–H groups in total. The minimum absolute atomic E-state index is 0.278. The van der Waals surface area contributed by atoms with Gasteiger partial charge in [-0.05, 0) is 51.0 Å². The van der Waals surface area contributed by atoms with Crippen LogP contribution in [0.4, 0.5) is 4.39 Å². The highest BCUT2D eigenvalue weighted by molar-refractivity contribution is 5.61. The highest BCUT2D eigenvalue weighted by Crippen LogP contribution is 2.53. The predicted molar refractivity (Wildman–Crippen MR) is 90.1 cm³/mol. The number of rotatable bonds is 4. The molecular formula is C20H22FNO2. The molecule has 2 aliphatic rings. The fourth-order valence-electron chi connectivity index (χ4n) is 3.74. The molecule has 2 fully saturated rings. The summed E-state index contributed by atoms with van der Waals surface area (Å²) in [7, 11) is 0. The first-order valence-electron chi connectivity index (χ1n) is 8.59. The van der Waals surface area contributed by atoms with E-state index in [0.29, 0.717) is 29.3 Å². The Morgan fingerprint density at radius 2 is 1.79 bits per heavy atom. The number of hydrogen-bond donors (Lipinski definition) is 1. The molecule has 4 rings (SSSR count). The molecule has 0 saturated heterocycles. The molecule has 3 atom stereocenters. The van der Waals surface area contributed by atoms with Crippen LogP contribution < -0.4 is 4.74 Å². The lowest BCUT2D eigenvalue weighted by molar-refractivity contribution is 0.0735. The van der Waals surface area contributed by atoms with Gasteiger partial charge in [-0.3, -0.25) is 0 Å². The molecule has 4 heteroatoms. The molecule has 0 aliphatic heterocycles. The maximum Gasteiger partial charge on any atom is 0.123 e. The molecule has 0 spiro atoms. The van der Waals surface area contributed by atoms with E-state index in [-0.39, 0.29) is 5.82 Å². The predicted octanol–water partition coefficient (Wildman–Crippen LogP) is 4.29. The second-order valence-electron chi connectivity index (χ2n) is 7.48. The Labute approximate surface area is 141 Å². The highest BCUT2D eigenvalue weighted by Gasteiger charge is 2.54. The summed E-state index contributed by atoms with van der Waals surface area (Å²) < 4.78 is 19.4. The van der Waals surface area contributed by atoms with E-state index in [1.54, 1.807) is 26.0 Å². The number of halogens is 1. The van der Waals surface area contributed by atoms with Crippen molar-refractivity contribution in [1.82, 2.24) is 4.98 Å². The Balaban J connectivity index is 1.67. The van der Waals surface area contributed by atoms with Gasteiger partial charge in [0.05, 0.1) is 11.4 Å². The van der Waals surface area contributed by atoms with Gasteiger partial charge in [0.15, 0.2) is 0 Å². The molecule has 1 aromatic heterocycles. The Hall–Kier alpha value is -1.94. The lowest BCUT2D eigenvalue weighted by atomic mass is 10.0. The molecule has 126 valence electrons. The van der Waals surface area contributed by atoms with Gasteiger partial charge in [-0.2, -0.15) is 0 Å². The molecule has 0 amide bonds. The van der Waals surface area contributed by atoms with Gasteiger partial charge in [-0.15, -0.1) is 0 Å². The largest absolute Gasteiger partial charge is 0.490 e. The zero-order chi connectivity index (χ0) is 16.9. The van der Waals surface area contributed by atoms with E-state index in [1.807, 2.05) is 12.1 Å². The van der Waals surface area contributed by atoms with Gasteiger partial charge in [-0.1, -0.05) is 6.42 Å². The Morgan fingerprint density at radius 3 is 2.42 bits per heavy atom. The summed E-state index contributed by atoms with van der Waals surface area (Å²) in [5, 5.41) is 10.4. The molecule has 2 aromatic rings. The van der Waals surface area contributed by atoms with Crippen LogP contribution in [-0.4, -0.2) is 16.2 Å². The topological polar surface area (TPSA) is 42.4 Å². The lowest BCUT2D eigenvalue weighted by Crippen LogP contribution is -2.18. The smallest absolute Gasteiger partial charge is 0.123 e. The van der Waals surface area contributed by atoms with Gasteiger partial charge in [0.2, 0.25) is 0 Å². The normalized spacial score (nSPS) is 25.4. The summed E-state index contributed by atoms with van der Waals surface area (Å²) >= 11 is 0. The fraction of sp³-hybridized carbons (Fsp3) is 0.450. The first kappa shape index (κ1) is 15.6. The van der Waals surface area contributed by atoms with Gasteiger partial charge in [0, 0.05) is 29.5 Å². The Morgan fingerprint density at radius 1 is 1.12 bits per heavy atom. The third kappa shape index (κ3) is 2.91. The molecule has 2 aliphatic carbocycles. The zero-order valence-corrected chi connectivity index (χ0v) is 14.0. The molecule has 0 radical (unpaired) electrons. The van der Waals surface area contributed by atoms with Crippen LogP contribution in [0, 0.1) is 17.7 Å². The van der Waals surface area contributed by atoms with Crippen molar-refractivity contribution in [3.63, 3.8) is 0 Å². The van der Waals surface area contributed by atoms with E-state index in [2.05, 4.69) is 4.98 Å². The second-order valence-corrected chi connectivity index (χ2v) is 7.48. The third-order valence-corrected chi connectivity index (χ3v) is 5.17. The van der Waals surface area contributed by atoms with E-state index in [9.17, 15) is 9.50 Å². The molecule has 1 aromatic carbocycles. The third-order valence-electron chi connectivity index (χ3n) is 5.17. The molecule has 2 saturated carbocycles. The minimum Gasteiger partial charge on any atom is -0.490 e. The summed E-state index contributed by atoms with van der Waals surface area (Å²) in [6.45, 7) is 3.42. The van der Waals surface area contributed by atoms with Crippen molar-refractivity contribution in [2.75, 3.05) is 0 Å². The molecule has 24 heavy (non-hydrogen) atoms. The quantitative estimate of drug-likeness (QED) is 0.911. The summed E-state index contributed by atoms with van der Waals surface area (Å²) in [6, 6.07) is 9.93. The van der Waals surface area contributed by atoms with Crippen molar-refractivity contribution in [1.29, 1.82) is 0 Å². The fourth-order valence-corrected chi connectivity index (χ4v) is 3.74. The zero-order valence-electron chi connectivity index (χ0n) is 14.0. The van der Waals surface area contributed by atoms with Gasteiger partial charge in [0.1, 0.15) is 23.3 Å². The number of hydrogen-bond acceptors (Lipinski definition) is 3. The number of fused-ring (bicyclic) bond motifs is 1. The summed E-state index contributed by atoms with van der Waals surface area (Å²) in [4.78, 5) is 4.55. The van der Waals surface area contributed by atoms with Crippen LogP contribution in [-0.2, 0) is 5.60 Å². The maximum atomic E-state index is 13.2. The van der Waals surface area contributed by atoms with Gasteiger partial charge in [-0.25, -0.2) is 9.37 Å². The van der Waals surface area contributed by atoms with E-state index in [4.69, 9.17) is 4.74 Å². The molecular weight excluding hydrogens is 305 g/mol. The maximum absolute atomic E-state index is 13.2. The van der Waals surface area contributed by atoms with Crippen molar-refractivity contribution in [3.8, 4) is 17.0 Å². The van der Waals surface area contributed by atoms with Crippen molar-refractivity contribution in [2.24, 2.45) is 11.8 Å². The van der Waals surface area contributed by atoms with Crippen LogP contribution in [0.1, 0.15) is 38.8 Å². The molecule has 0 bridgehead atoms. The number of nitrogens with zero attached hydrogens (tertiary/aromatic N) is 1. The van der Waals surface area contributed by atoms with Gasteiger partial charge < -0.3 is 9.84 Å². The van der Waals surface area contributed by atoms with E-state index in [1.165, 1.54) is 31.4 Å². The van der Waals surface area contributed by atoms with Crippen LogP contribution in [0.25, 0.3) is 11.3 Å². The van der Waals surface area contributed by atoms with Gasteiger partial charge >= 0.3 is 0 Å². The highest BCUT2D eigenvalue weighted by atomic mass is 19.1. The number of ether oxygens (including phenoxy) is 1.